The number of aryl methyl sites for hydroxylation is 1. The number of amides is 1. The van der Waals surface area contributed by atoms with Gasteiger partial charge in [-0.1, -0.05) is 31.2 Å². The summed E-state index contributed by atoms with van der Waals surface area (Å²) >= 11 is 0. The third-order valence-electron chi connectivity index (χ3n) is 6.88. The maximum atomic E-state index is 13.4. The number of anilines is 1. The van der Waals surface area contributed by atoms with E-state index in [-0.39, 0.29) is 6.54 Å². The maximum absolute atomic E-state index is 13.4. The summed E-state index contributed by atoms with van der Waals surface area (Å²) in [5, 5.41) is 0.745. The number of nitrogens with zero attached hydrogens (tertiary/aromatic N) is 5. The number of hydrogen-bond acceptors (Lipinski definition) is 6. The van der Waals surface area contributed by atoms with Gasteiger partial charge in [0.25, 0.3) is 5.91 Å². The van der Waals surface area contributed by atoms with Crippen LogP contribution in [0.5, 0.6) is 0 Å². The zero-order valence-electron chi connectivity index (χ0n) is 20.2. The van der Waals surface area contributed by atoms with Gasteiger partial charge >= 0.3 is 0 Å². The summed E-state index contributed by atoms with van der Waals surface area (Å²) in [6.07, 6.45) is 6.94. The lowest BCUT2D eigenvalue weighted by Gasteiger charge is -2.26. The highest BCUT2D eigenvalue weighted by Gasteiger charge is 2.26. The van der Waals surface area contributed by atoms with Gasteiger partial charge in [-0.15, -0.1) is 0 Å². The number of rotatable bonds is 4. The Balaban J connectivity index is 1.59. The molecule has 2 aliphatic rings. The van der Waals surface area contributed by atoms with Gasteiger partial charge in [0.15, 0.2) is 5.83 Å². The van der Waals surface area contributed by atoms with E-state index in [1.165, 1.54) is 11.2 Å². The lowest BCUT2D eigenvalue weighted by molar-refractivity contribution is -0.128. The first-order valence-corrected chi connectivity index (χ1v) is 13.9. The number of hydrogen-bond donors (Lipinski definition) is 1. The van der Waals surface area contributed by atoms with Crippen LogP contribution >= 0.6 is 0 Å². The molecule has 0 radical (unpaired) electrons. The van der Waals surface area contributed by atoms with Crippen molar-refractivity contribution in [2.75, 3.05) is 30.3 Å². The molecule has 2 N–H and O–H groups in total. The molecule has 1 aromatic carbocycles. The molecule has 8 nitrogen and oxygen atoms in total. The summed E-state index contributed by atoms with van der Waals surface area (Å²) in [5.74, 6) is 0.0329. The van der Waals surface area contributed by atoms with Crippen molar-refractivity contribution in [1.82, 2.24) is 19.4 Å². The molecular formula is C26H29FN6O2S. The molecule has 0 aliphatic carbocycles. The number of benzene rings is 1. The van der Waals surface area contributed by atoms with Crippen LogP contribution in [0, 0.1) is 0 Å². The quantitative estimate of drug-likeness (QED) is 0.519. The van der Waals surface area contributed by atoms with E-state index in [1.807, 2.05) is 42.0 Å². The Kier molecular flexibility index (Phi) is 6.38. The fourth-order valence-corrected chi connectivity index (χ4v) is 7.28. The first-order chi connectivity index (χ1) is 17.3. The zero-order chi connectivity index (χ0) is 25.4. The van der Waals surface area contributed by atoms with Crippen LogP contribution in [0.1, 0.15) is 31.4 Å². The standard InChI is InChI=1S/C26H29FN6O2S/c1-17(27)26(34)33-12-10-19(11-13-33)23-21(22-24(28)29-16-30-25(22)32(23)2)18-6-8-20(9-7-18)31-36(35)14-4-3-5-15-36/h6-10,16H,1,3-5,11-15H2,2H3,(H2,28,29,30). The van der Waals surface area contributed by atoms with Crippen molar-refractivity contribution >= 4 is 43.7 Å². The summed E-state index contributed by atoms with van der Waals surface area (Å²) in [4.78, 5) is 22.2. The Morgan fingerprint density at radius 1 is 1.17 bits per heavy atom. The number of carbonyl (C=O) groups is 1. The van der Waals surface area contributed by atoms with Gasteiger partial charge in [-0.25, -0.2) is 18.6 Å². The fourth-order valence-electron chi connectivity index (χ4n) is 5.08. The van der Waals surface area contributed by atoms with Crippen LogP contribution in [-0.2, 0) is 21.6 Å². The molecule has 0 unspecified atom stereocenters. The second kappa shape index (κ2) is 9.50. The van der Waals surface area contributed by atoms with E-state index < -0.39 is 21.5 Å². The van der Waals surface area contributed by atoms with Gasteiger partial charge in [-0.05, 0) is 42.5 Å². The normalized spacial score (nSPS) is 17.6. The molecule has 5 rings (SSSR count). The average molecular weight is 509 g/mol. The second-order valence-corrected chi connectivity index (χ2v) is 11.8. The molecule has 2 aliphatic heterocycles. The van der Waals surface area contributed by atoms with Crippen molar-refractivity contribution in [1.29, 1.82) is 0 Å². The van der Waals surface area contributed by atoms with E-state index in [0.717, 1.165) is 47.0 Å². The van der Waals surface area contributed by atoms with Gasteiger partial charge in [-0.3, -0.25) is 4.79 Å². The Labute approximate surface area is 209 Å². The highest BCUT2D eigenvalue weighted by Crippen LogP contribution is 2.41. The van der Waals surface area contributed by atoms with Crippen LogP contribution < -0.4 is 5.73 Å². The third-order valence-corrected chi connectivity index (χ3v) is 9.28. The summed E-state index contributed by atoms with van der Waals surface area (Å²) in [7, 11) is -0.272. The van der Waals surface area contributed by atoms with Crippen LogP contribution in [-0.4, -0.2) is 54.1 Å². The molecule has 0 spiro atoms. The number of halogens is 1. The molecule has 0 atom stereocenters. The summed E-state index contributed by atoms with van der Waals surface area (Å²) in [5.41, 5.74) is 11.5. The SMILES string of the molecule is C=C(F)C(=O)N1CC=C(c2c(-c3ccc(N=S4(=O)CCCCC4)cc3)c3c(N)ncnc3n2C)CC1. The van der Waals surface area contributed by atoms with Crippen LogP contribution in [0.15, 0.2) is 53.4 Å². The van der Waals surface area contributed by atoms with Crippen molar-refractivity contribution in [2.45, 2.75) is 25.7 Å². The number of nitrogens with two attached hydrogens (primary N) is 1. The predicted molar refractivity (Wildman–Crippen MR) is 142 cm³/mol. The molecule has 3 aromatic rings. The van der Waals surface area contributed by atoms with E-state index in [0.29, 0.717) is 41.6 Å². The van der Waals surface area contributed by atoms with Crippen LogP contribution in [0.25, 0.3) is 27.7 Å². The minimum absolute atomic E-state index is 0.283. The number of carbonyl (C=O) groups excluding carboxylic acids is 1. The highest BCUT2D eigenvalue weighted by atomic mass is 32.2. The fraction of sp³-hybridized carbons (Fsp3) is 0.346. The maximum Gasteiger partial charge on any atom is 0.282 e. The minimum atomic E-state index is -2.20. The summed E-state index contributed by atoms with van der Waals surface area (Å²) < 4.78 is 33.0. The summed E-state index contributed by atoms with van der Waals surface area (Å²) in [6.45, 7) is 3.78. The molecule has 4 heterocycles. The van der Waals surface area contributed by atoms with E-state index in [4.69, 9.17) is 5.73 Å². The molecule has 1 saturated heterocycles. The monoisotopic (exact) mass is 508 g/mol. The van der Waals surface area contributed by atoms with E-state index in [9.17, 15) is 13.4 Å². The van der Waals surface area contributed by atoms with Crippen LogP contribution in [0.4, 0.5) is 15.9 Å². The van der Waals surface area contributed by atoms with E-state index in [1.54, 1.807) is 0 Å². The van der Waals surface area contributed by atoms with Crippen LogP contribution in [0.2, 0.25) is 0 Å². The lowest BCUT2D eigenvalue weighted by Crippen LogP contribution is -2.34. The summed E-state index contributed by atoms with van der Waals surface area (Å²) in [6, 6.07) is 7.70. The minimum Gasteiger partial charge on any atom is -0.383 e. The first-order valence-electron chi connectivity index (χ1n) is 12.0. The molecular weight excluding hydrogens is 479 g/mol. The van der Waals surface area contributed by atoms with Crippen molar-refractivity contribution in [2.24, 2.45) is 11.4 Å². The van der Waals surface area contributed by atoms with E-state index >= 15 is 0 Å². The zero-order valence-corrected chi connectivity index (χ0v) is 21.1. The first kappa shape index (κ1) is 24.2. The molecule has 10 heteroatoms. The molecule has 36 heavy (non-hydrogen) atoms. The van der Waals surface area contributed by atoms with Gasteiger partial charge in [0.2, 0.25) is 0 Å². The largest absolute Gasteiger partial charge is 0.383 e. The van der Waals surface area contributed by atoms with Crippen molar-refractivity contribution < 1.29 is 13.4 Å². The van der Waals surface area contributed by atoms with Gasteiger partial charge in [0.05, 0.1) is 26.5 Å². The predicted octanol–water partition coefficient (Wildman–Crippen LogP) is 4.60. The molecule has 2 aromatic heterocycles. The third kappa shape index (κ3) is 4.41. The van der Waals surface area contributed by atoms with Crippen LogP contribution in [0.3, 0.4) is 0 Å². The van der Waals surface area contributed by atoms with Gasteiger partial charge in [0.1, 0.15) is 17.8 Å². The molecule has 188 valence electrons. The average Bonchev–Trinajstić information content (AvgIpc) is 3.18. The smallest absolute Gasteiger partial charge is 0.282 e. The Morgan fingerprint density at radius 3 is 2.53 bits per heavy atom. The molecule has 0 saturated carbocycles. The number of aromatic nitrogens is 3. The number of fused-ring (bicyclic) bond motifs is 1. The van der Waals surface area contributed by atoms with E-state index in [2.05, 4.69) is 20.9 Å². The number of nitrogen functional groups attached to an aromatic ring is 1. The molecule has 1 amide bonds. The lowest BCUT2D eigenvalue weighted by atomic mass is 9.95. The van der Waals surface area contributed by atoms with Crippen molar-refractivity contribution in [3.8, 4) is 11.1 Å². The Morgan fingerprint density at radius 2 is 1.89 bits per heavy atom. The topological polar surface area (TPSA) is 106 Å². The van der Waals surface area contributed by atoms with Crippen molar-refractivity contribution in [3.05, 3.63) is 54.8 Å². The van der Waals surface area contributed by atoms with Gasteiger partial charge in [0, 0.05) is 37.2 Å². The highest BCUT2D eigenvalue weighted by molar-refractivity contribution is 7.93. The van der Waals surface area contributed by atoms with Gasteiger partial charge in [-0.2, -0.15) is 4.36 Å². The second-order valence-electron chi connectivity index (χ2n) is 9.26. The molecule has 1 fully saturated rings. The Hall–Kier alpha value is -3.53. The molecule has 0 bridgehead atoms. The van der Waals surface area contributed by atoms with Gasteiger partial charge < -0.3 is 15.2 Å². The van der Waals surface area contributed by atoms with Crippen molar-refractivity contribution in [3.63, 3.8) is 0 Å². The Bertz CT molecular complexity index is 1500.